The van der Waals surface area contributed by atoms with Crippen LogP contribution in [0.1, 0.15) is 54.2 Å². The number of fused-ring (bicyclic) bond motifs is 5. The van der Waals surface area contributed by atoms with Crippen LogP contribution >= 0.6 is 0 Å². The van der Waals surface area contributed by atoms with Crippen LogP contribution in [-0.4, -0.2) is 52.1 Å². The van der Waals surface area contributed by atoms with Crippen molar-refractivity contribution in [3.63, 3.8) is 0 Å². The third-order valence-electron chi connectivity index (χ3n) is 12.8. The first-order chi connectivity index (χ1) is 33.2. The minimum Gasteiger partial charge on any atom is -0.506 e. The summed E-state index contributed by atoms with van der Waals surface area (Å²) in [5.41, 5.74) is -7.06. The van der Waals surface area contributed by atoms with Gasteiger partial charge in [-0.25, -0.2) is 4.90 Å². The number of aryl methyl sites for hydroxylation is 1. The summed E-state index contributed by atoms with van der Waals surface area (Å²) in [6, 6.07) is 27.3. The highest BCUT2D eigenvalue weighted by molar-refractivity contribution is 6.23. The Bertz CT molecular complexity index is 3070. The molecule has 356 valence electrons. The van der Waals surface area contributed by atoms with Crippen LogP contribution in [0.4, 0.5) is 49.1 Å². The summed E-state index contributed by atoms with van der Waals surface area (Å²) >= 11 is 0. The second-order valence-electron chi connectivity index (χ2n) is 17.2. The van der Waals surface area contributed by atoms with E-state index in [0.717, 1.165) is 5.56 Å². The van der Waals surface area contributed by atoms with E-state index in [2.05, 4.69) is 16.0 Å². The highest BCUT2D eigenvalue weighted by Gasteiger charge is 2.73. The summed E-state index contributed by atoms with van der Waals surface area (Å²) < 4.78 is 98.0. The Kier molecular flexibility index (Phi) is 11.7. The minimum atomic E-state index is -6.17. The Labute approximate surface area is 394 Å². The Morgan fingerprint density at radius 2 is 1.01 bits per heavy atom. The molecule has 6 aromatic carbocycles. The first kappa shape index (κ1) is 46.7. The molecule has 5 amide bonds. The third kappa shape index (κ3) is 8.34. The zero-order valence-corrected chi connectivity index (χ0v) is 36.4. The molecule has 1 aliphatic heterocycles. The number of amides is 5. The Morgan fingerprint density at radius 3 is 1.50 bits per heavy atom. The molecule has 2 bridgehead atoms. The molecule has 4 atom stereocenters. The number of rotatable bonds is 11. The Hall–Kier alpha value is -8.41. The number of alkyl halides is 6. The fraction of sp³-hybridized carbons (Fsp3) is 0.173. The van der Waals surface area contributed by atoms with E-state index in [0.29, 0.717) is 64.7 Å². The molecule has 2 aliphatic carbocycles. The first-order valence-corrected chi connectivity index (χ1v) is 21.6. The van der Waals surface area contributed by atoms with E-state index in [1.54, 1.807) is 48.6 Å². The van der Waals surface area contributed by atoms with Gasteiger partial charge in [0.25, 0.3) is 17.7 Å². The first-order valence-electron chi connectivity index (χ1n) is 21.6. The van der Waals surface area contributed by atoms with Crippen LogP contribution in [-0.2, 0) is 15.0 Å². The lowest BCUT2D eigenvalue weighted by atomic mass is 9.72. The van der Waals surface area contributed by atoms with Crippen LogP contribution in [0, 0.1) is 30.6 Å². The van der Waals surface area contributed by atoms with E-state index in [1.165, 1.54) is 48.5 Å². The summed E-state index contributed by atoms with van der Waals surface area (Å²) in [4.78, 5) is 66.6. The van der Waals surface area contributed by atoms with Crippen molar-refractivity contribution in [3.8, 4) is 23.0 Å². The van der Waals surface area contributed by atoms with Crippen molar-refractivity contribution in [2.45, 2.75) is 31.1 Å². The molecule has 18 heteroatoms. The quantitative estimate of drug-likeness (QED) is 0.0369. The largest absolute Gasteiger partial charge is 0.506 e. The van der Waals surface area contributed by atoms with Crippen molar-refractivity contribution in [3.05, 3.63) is 179 Å². The average Bonchev–Trinajstić information content (AvgIpc) is 4.01. The number of carbonyl (C=O) groups excluding carboxylic acids is 5. The van der Waals surface area contributed by atoms with Crippen molar-refractivity contribution in [2.75, 3.05) is 20.9 Å². The van der Waals surface area contributed by atoms with Gasteiger partial charge >= 0.3 is 12.4 Å². The maximum Gasteiger partial charge on any atom is 0.411 e. The van der Waals surface area contributed by atoms with Gasteiger partial charge in [-0.1, -0.05) is 48.0 Å². The van der Waals surface area contributed by atoms with Crippen LogP contribution in [0.3, 0.4) is 0 Å². The molecule has 1 heterocycles. The van der Waals surface area contributed by atoms with Crippen molar-refractivity contribution in [2.24, 2.45) is 23.7 Å². The van der Waals surface area contributed by atoms with Gasteiger partial charge in [-0.2, -0.15) is 26.3 Å². The number of benzene rings is 6. The van der Waals surface area contributed by atoms with E-state index in [9.17, 15) is 34.2 Å². The molecule has 1 saturated heterocycles. The van der Waals surface area contributed by atoms with E-state index in [4.69, 9.17) is 4.74 Å². The fourth-order valence-corrected chi connectivity index (χ4v) is 9.39. The molecular formula is C52H38F6N4O8. The molecule has 9 rings (SSSR count). The van der Waals surface area contributed by atoms with Crippen molar-refractivity contribution < 1.29 is 65.3 Å². The van der Waals surface area contributed by atoms with Crippen LogP contribution in [0.5, 0.6) is 23.0 Å². The van der Waals surface area contributed by atoms with E-state index in [-0.39, 0.29) is 40.4 Å². The predicted octanol–water partition coefficient (Wildman–Crippen LogP) is 10.7. The zero-order chi connectivity index (χ0) is 49.9. The lowest BCUT2D eigenvalue weighted by Gasteiger charge is -2.39. The lowest BCUT2D eigenvalue weighted by molar-refractivity contribution is -0.288. The van der Waals surface area contributed by atoms with E-state index >= 15 is 26.3 Å². The van der Waals surface area contributed by atoms with Gasteiger partial charge in [0, 0.05) is 28.1 Å². The smallest absolute Gasteiger partial charge is 0.411 e. The van der Waals surface area contributed by atoms with Gasteiger partial charge in [0.1, 0.15) is 23.0 Å². The number of phenolic OH excluding ortho intramolecular Hbond substituents is 2. The molecule has 70 heavy (non-hydrogen) atoms. The molecule has 12 nitrogen and oxygen atoms in total. The molecule has 2 fully saturated rings. The molecule has 1 saturated carbocycles. The predicted molar refractivity (Wildman–Crippen MR) is 244 cm³/mol. The van der Waals surface area contributed by atoms with Crippen molar-refractivity contribution in [1.29, 1.82) is 0 Å². The van der Waals surface area contributed by atoms with E-state index < -0.39 is 87.2 Å². The van der Waals surface area contributed by atoms with Crippen LogP contribution in [0.15, 0.2) is 146 Å². The van der Waals surface area contributed by atoms with E-state index in [1.807, 2.05) is 19.1 Å². The van der Waals surface area contributed by atoms with Gasteiger partial charge in [-0.15, -0.1) is 0 Å². The molecule has 5 N–H and O–H groups in total. The summed E-state index contributed by atoms with van der Waals surface area (Å²) in [7, 11) is 0. The third-order valence-corrected chi connectivity index (χ3v) is 12.8. The van der Waals surface area contributed by atoms with Gasteiger partial charge in [0.2, 0.25) is 17.2 Å². The van der Waals surface area contributed by atoms with Crippen LogP contribution < -0.4 is 25.6 Å². The number of ether oxygens (including phenoxy) is 1. The number of nitrogens with zero attached hydrogens (tertiary/aromatic N) is 1. The molecule has 6 aromatic rings. The number of anilines is 4. The zero-order valence-electron chi connectivity index (χ0n) is 36.4. The van der Waals surface area contributed by atoms with Gasteiger partial charge in [-0.3, -0.25) is 24.0 Å². The van der Waals surface area contributed by atoms with Gasteiger partial charge in [0.05, 0.1) is 23.2 Å². The number of halogens is 6. The Balaban J connectivity index is 0.888. The number of phenols is 2. The molecule has 0 spiro atoms. The second-order valence-corrected chi connectivity index (χ2v) is 17.2. The summed E-state index contributed by atoms with van der Waals surface area (Å²) in [5.74, 6) is -7.27. The number of hydrogen-bond donors (Lipinski definition) is 5. The average molecular weight is 961 g/mol. The number of imide groups is 1. The molecule has 0 aromatic heterocycles. The topological polar surface area (TPSA) is 174 Å². The summed E-state index contributed by atoms with van der Waals surface area (Å²) in [5, 5.41) is 29.1. The molecule has 3 aliphatic rings. The molecular weight excluding hydrogens is 923 g/mol. The summed E-state index contributed by atoms with van der Waals surface area (Å²) in [6.07, 6.45) is -8.36. The second kappa shape index (κ2) is 17.6. The number of aromatic hydroxyl groups is 2. The maximum absolute atomic E-state index is 15.4. The Morgan fingerprint density at radius 1 is 0.571 bits per heavy atom. The standard InChI is InChI=1S/C52H38F6N4O8/c1-27-5-7-28(8-6-27)45(65)59-35-3-2-4-36(26-35)60-46(66)29-11-17-37(18-12-29)70-38-19-13-30(14-20-38)47(67)61-39-24-33(15-21-41(39)63)50(51(53,54)55,52(56,57)58)34-16-22-42(64)40(25-34)62-48(68)43-31-9-10-32(23-31)44(43)49(62)69/h2-22,24-26,31-32,43-44,63-64H,23H2,1H3,(H,59,65)(H,60,66)(H,61,67). The number of allylic oxidation sites excluding steroid dienone is 2. The number of carbonyl (C=O) groups is 5. The summed E-state index contributed by atoms with van der Waals surface area (Å²) in [6.45, 7) is 1.91. The highest BCUT2D eigenvalue weighted by Crippen LogP contribution is 2.59. The minimum absolute atomic E-state index is 0.141. The highest BCUT2D eigenvalue weighted by atomic mass is 19.4. The fourth-order valence-electron chi connectivity index (χ4n) is 9.39. The van der Waals surface area contributed by atoms with Crippen molar-refractivity contribution in [1.82, 2.24) is 0 Å². The monoisotopic (exact) mass is 960 g/mol. The SMILES string of the molecule is Cc1ccc(C(=O)Nc2cccc(NC(=O)c3ccc(Oc4ccc(C(=O)Nc5cc(C(c6ccc(O)c(N7C(=O)C8C9C=CC(C9)C8C7=O)c6)(C(F)(F)F)C(F)(F)F)ccc5O)cc4)cc3)c2)cc1. The molecule has 0 radical (unpaired) electrons. The van der Waals surface area contributed by atoms with Gasteiger partial charge < -0.3 is 30.9 Å². The van der Waals surface area contributed by atoms with Crippen molar-refractivity contribution >= 4 is 52.3 Å². The molecule has 4 unspecified atom stereocenters. The van der Waals surface area contributed by atoms with Crippen LogP contribution in [0.2, 0.25) is 0 Å². The number of hydrogen-bond acceptors (Lipinski definition) is 8. The van der Waals surface area contributed by atoms with Crippen LogP contribution in [0.25, 0.3) is 0 Å². The number of nitrogens with one attached hydrogen (secondary N) is 3. The van der Waals surface area contributed by atoms with Gasteiger partial charge in [-0.05, 0) is 139 Å². The lowest BCUT2D eigenvalue weighted by Crippen LogP contribution is -2.54. The van der Waals surface area contributed by atoms with Gasteiger partial charge in [0.15, 0.2) is 0 Å². The normalized spacial score (nSPS) is 18.4. The maximum atomic E-state index is 15.4.